The van der Waals surface area contributed by atoms with Crippen LogP contribution in [-0.4, -0.2) is 40.7 Å². The second kappa shape index (κ2) is 6.67. The SMILES string of the molecule is N#Cc1ccc(-c2ccc3oc(CCN4CCC(O)C4)nc3c2)cc1. The van der Waals surface area contributed by atoms with Crippen molar-refractivity contribution in [1.82, 2.24) is 9.88 Å². The van der Waals surface area contributed by atoms with E-state index < -0.39 is 0 Å². The molecule has 3 aromatic rings. The van der Waals surface area contributed by atoms with Gasteiger partial charge in [-0.15, -0.1) is 0 Å². The molecule has 5 nitrogen and oxygen atoms in total. The first-order valence-corrected chi connectivity index (χ1v) is 8.52. The number of aliphatic hydroxyl groups is 1. The molecular formula is C20H19N3O2. The van der Waals surface area contributed by atoms with E-state index in [0.29, 0.717) is 5.56 Å². The van der Waals surface area contributed by atoms with Crippen LogP contribution in [0.3, 0.4) is 0 Å². The number of benzene rings is 2. The smallest absolute Gasteiger partial charge is 0.196 e. The molecule has 1 fully saturated rings. The number of nitrogens with zero attached hydrogens (tertiary/aromatic N) is 3. The van der Waals surface area contributed by atoms with Gasteiger partial charge in [-0.05, 0) is 41.8 Å². The van der Waals surface area contributed by atoms with Gasteiger partial charge in [0, 0.05) is 26.1 Å². The third-order valence-corrected chi connectivity index (χ3v) is 4.67. The van der Waals surface area contributed by atoms with E-state index in [2.05, 4.69) is 16.0 Å². The van der Waals surface area contributed by atoms with E-state index in [0.717, 1.165) is 60.6 Å². The zero-order valence-corrected chi connectivity index (χ0v) is 13.9. The minimum absolute atomic E-state index is 0.196. The van der Waals surface area contributed by atoms with E-state index in [1.807, 2.05) is 42.5 Å². The third kappa shape index (κ3) is 3.41. The summed E-state index contributed by atoms with van der Waals surface area (Å²) in [7, 11) is 0. The molecule has 4 rings (SSSR count). The number of aromatic nitrogens is 1. The predicted octanol–water partition coefficient (Wildman–Crippen LogP) is 2.98. The number of hydrogen-bond donors (Lipinski definition) is 1. The number of oxazole rings is 1. The van der Waals surface area contributed by atoms with Crippen molar-refractivity contribution in [2.45, 2.75) is 18.9 Å². The number of likely N-dealkylation sites (tertiary alicyclic amines) is 1. The van der Waals surface area contributed by atoms with Gasteiger partial charge in [-0.2, -0.15) is 5.26 Å². The van der Waals surface area contributed by atoms with Crippen molar-refractivity contribution in [1.29, 1.82) is 5.26 Å². The van der Waals surface area contributed by atoms with Gasteiger partial charge in [0.25, 0.3) is 0 Å². The van der Waals surface area contributed by atoms with Gasteiger partial charge in [0.15, 0.2) is 11.5 Å². The van der Waals surface area contributed by atoms with E-state index in [-0.39, 0.29) is 6.10 Å². The van der Waals surface area contributed by atoms with Gasteiger partial charge in [0.1, 0.15) is 5.52 Å². The number of rotatable bonds is 4. The minimum atomic E-state index is -0.196. The second-order valence-corrected chi connectivity index (χ2v) is 6.47. The van der Waals surface area contributed by atoms with Crippen molar-refractivity contribution in [2.75, 3.05) is 19.6 Å². The van der Waals surface area contributed by atoms with Crippen LogP contribution in [0.25, 0.3) is 22.2 Å². The summed E-state index contributed by atoms with van der Waals surface area (Å²) in [6.07, 6.45) is 1.40. The van der Waals surface area contributed by atoms with Gasteiger partial charge < -0.3 is 14.4 Å². The monoisotopic (exact) mass is 333 g/mol. The number of nitriles is 1. The molecule has 1 saturated heterocycles. The van der Waals surface area contributed by atoms with E-state index in [1.165, 1.54) is 0 Å². The molecule has 2 heterocycles. The number of β-amino-alcohol motifs (C(OH)–C–C–N with tert-alkyl or cyclic N) is 1. The highest BCUT2D eigenvalue weighted by atomic mass is 16.3. The summed E-state index contributed by atoms with van der Waals surface area (Å²) in [6, 6.07) is 15.6. The Labute approximate surface area is 146 Å². The number of hydrogen-bond acceptors (Lipinski definition) is 5. The highest BCUT2D eigenvalue weighted by molar-refractivity contribution is 5.80. The van der Waals surface area contributed by atoms with E-state index >= 15 is 0 Å². The van der Waals surface area contributed by atoms with Crippen LogP contribution in [0.4, 0.5) is 0 Å². The molecule has 25 heavy (non-hydrogen) atoms. The summed E-state index contributed by atoms with van der Waals surface area (Å²) in [5, 5.41) is 18.5. The lowest BCUT2D eigenvalue weighted by atomic mass is 10.0. The molecular weight excluding hydrogens is 314 g/mol. The molecule has 0 bridgehead atoms. The molecule has 0 saturated carbocycles. The van der Waals surface area contributed by atoms with Crippen LogP contribution in [0.15, 0.2) is 46.9 Å². The van der Waals surface area contributed by atoms with Gasteiger partial charge in [0.2, 0.25) is 0 Å². The molecule has 0 spiro atoms. The first-order valence-electron chi connectivity index (χ1n) is 8.52. The molecule has 5 heteroatoms. The molecule has 0 amide bonds. The molecule has 1 aliphatic rings. The Hall–Kier alpha value is -2.68. The normalized spacial score (nSPS) is 17.8. The predicted molar refractivity (Wildman–Crippen MR) is 94.9 cm³/mol. The standard InChI is InChI=1S/C20H19N3O2/c21-12-14-1-3-15(4-2-14)16-5-6-19-18(11-16)22-20(25-19)8-10-23-9-7-17(24)13-23/h1-6,11,17,24H,7-10,13H2. The zero-order valence-electron chi connectivity index (χ0n) is 13.9. The van der Waals surface area contributed by atoms with Crippen LogP contribution in [-0.2, 0) is 6.42 Å². The van der Waals surface area contributed by atoms with Crippen molar-refractivity contribution in [2.24, 2.45) is 0 Å². The Kier molecular flexibility index (Phi) is 4.22. The highest BCUT2D eigenvalue weighted by Gasteiger charge is 2.20. The molecule has 1 unspecified atom stereocenters. The molecule has 0 radical (unpaired) electrons. The van der Waals surface area contributed by atoms with Crippen LogP contribution in [0.2, 0.25) is 0 Å². The fourth-order valence-electron chi connectivity index (χ4n) is 3.27. The summed E-state index contributed by atoms with van der Waals surface area (Å²) in [5.41, 5.74) is 4.39. The van der Waals surface area contributed by atoms with Gasteiger partial charge in [-0.25, -0.2) is 4.98 Å². The summed E-state index contributed by atoms with van der Waals surface area (Å²) >= 11 is 0. The molecule has 1 aliphatic heterocycles. The molecule has 126 valence electrons. The lowest BCUT2D eigenvalue weighted by molar-refractivity contribution is 0.176. The van der Waals surface area contributed by atoms with Crippen LogP contribution in [0, 0.1) is 11.3 Å². The quantitative estimate of drug-likeness (QED) is 0.794. The topological polar surface area (TPSA) is 73.3 Å². The summed E-state index contributed by atoms with van der Waals surface area (Å²) in [6.45, 7) is 2.53. The number of fused-ring (bicyclic) bond motifs is 1. The van der Waals surface area contributed by atoms with E-state index in [4.69, 9.17) is 9.68 Å². The summed E-state index contributed by atoms with van der Waals surface area (Å²) in [5.74, 6) is 0.730. The van der Waals surface area contributed by atoms with Gasteiger partial charge in [0.05, 0.1) is 17.7 Å². The molecule has 1 aromatic heterocycles. The minimum Gasteiger partial charge on any atom is -0.441 e. The van der Waals surface area contributed by atoms with Crippen molar-refractivity contribution < 1.29 is 9.52 Å². The Bertz CT molecular complexity index is 924. The maximum atomic E-state index is 9.58. The van der Waals surface area contributed by atoms with Crippen molar-refractivity contribution >= 4 is 11.1 Å². The third-order valence-electron chi connectivity index (χ3n) is 4.67. The number of aliphatic hydroxyl groups excluding tert-OH is 1. The summed E-state index contributed by atoms with van der Waals surface area (Å²) < 4.78 is 5.84. The van der Waals surface area contributed by atoms with Gasteiger partial charge >= 0.3 is 0 Å². The first kappa shape index (κ1) is 15.8. The van der Waals surface area contributed by atoms with E-state index in [1.54, 1.807) is 0 Å². The largest absolute Gasteiger partial charge is 0.441 e. The Morgan fingerprint density at radius 2 is 2.00 bits per heavy atom. The van der Waals surface area contributed by atoms with Crippen molar-refractivity contribution in [3.05, 3.63) is 53.9 Å². The highest BCUT2D eigenvalue weighted by Crippen LogP contribution is 2.25. The van der Waals surface area contributed by atoms with Crippen LogP contribution in [0.1, 0.15) is 17.9 Å². The van der Waals surface area contributed by atoms with Crippen molar-refractivity contribution in [3.8, 4) is 17.2 Å². The Morgan fingerprint density at radius 3 is 2.72 bits per heavy atom. The van der Waals surface area contributed by atoms with Gasteiger partial charge in [-0.3, -0.25) is 0 Å². The first-order chi connectivity index (χ1) is 12.2. The van der Waals surface area contributed by atoms with Crippen LogP contribution in [0.5, 0.6) is 0 Å². The van der Waals surface area contributed by atoms with Gasteiger partial charge in [-0.1, -0.05) is 18.2 Å². The fraction of sp³-hybridized carbons (Fsp3) is 0.300. The molecule has 1 N–H and O–H groups in total. The zero-order chi connectivity index (χ0) is 17.2. The lowest BCUT2D eigenvalue weighted by Gasteiger charge is -2.12. The maximum Gasteiger partial charge on any atom is 0.196 e. The average molecular weight is 333 g/mol. The van der Waals surface area contributed by atoms with E-state index in [9.17, 15) is 5.11 Å². The second-order valence-electron chi connectivity index (χ2n) is 6.47. The molecule has 0 aliphatic carbocycles. The van der Waals surface area contributed by atoms with Crippen molar-refractivity contribution in [3.63, 3.8) is 0 Å². The average Bonchev–Trinajstić information content (AvgIpc) is 3.24. The summed E-state index contributed by atoms with van der Waals surface area (Å²) in [4.78, 5) is 6.84. The molecule has 1 atom stereocenters. The lowest BCUT2D eigenvalue weighted by Crippen LogP contribution is -2.24. The fourth-order valence-corrected chi connectivity index (χ4v) is 3.27. The van der Waals surface area contributed by atoms with Crippen LogP contribution >= 0.6 is 0 Å². The van der Waals surface area contributed by atoms with Crippen LogP contribution < -0.4 is 0 Å². The molecule has 2 aromatic carbocycles. The Morgan fingerprint density at radius 1 is 1.20 bits per heavy atom. The Balaban J connectivity index is 1.51. The maximum absolute atomic E-state index is 9.58.